The van der Waals surface area contributed by atoms with Crippen molar-refractivity contribution < 1.29 is 0 Å². The molecule has 8 saturated carbocycles. The van der Waals surface area contributed by atoms with Crippen LogP contribution in [0.4, 0.5) is 0 Å². The van der Waals surface area contributed by atoms with Crippen LogP contribution in [0.3, 0.4) is 0 Å². The highest BCUT2D eigenvalue weighted by atomic mass is 31.1. The zero-order valence-electron chi connectivity index (χ0n) is 27.9. The van der Waals surface area contributed by atoms with E-state index in [1.54, 1.807) is 82.6 Å². The summed E-state index contributed by atoms with van der Waals surface area (Å²) in [5.41, 5.74) is 5.85. The molecule has 4 heteroatoms. The fourth-order valence-electron chi connectivity index (χ4n) is 14.5. The molecule has 11 rings (SSSR count). The molecule has 8 bridgehead atoms. The third kappa shape index (κ3) is 4.74. The lowest BCUT2D eigenvalue weighted by Gasteiger charge is -2.67. The molecule has 0 amide bonds. The van der Waals surface area contributed by atoms with E-state index in [1.165, 1.54) is 51.6 Å². The van der Waals surface area contributed by atoms with Gasteiger partial charge in [0, 0.05) is 5.16 Å². The van der Waals surface area contributed by atoms with E-state index in [0.717, 1.165) is 57.7 Å². The van der Waals surface area contributed by atoms with Gasteiger partial charge in [0.2, 0.25) is 0 Å². The van der Waals surface area contributed by atoms with Gasteiger partial charge in [-0.15, -0.1) is 9.24 Å². The Morgan fingerprint density at radius 3 is 1.49 bits per heavy atom. The molecular weight excluding hydrogens is 558 g/mol. The molecule has 0 radical (unpaired) electrons. The van der Waals surface area contributed by atoms with Crippen LogP contribution >= 0.6 is 17.2 Å². The molecule has 238 valence electrons. The molecule has 2 aliphatic heterocycles. The number of hydrogen-bond acceptors (Lipinski definition) is 2. The van der Waals surface area contributed by atoms with Crippen molar-refractivity contribution in [1.82, 2.24) is 10.6 Å². The zero-order valence-corrected chi connectivity index (χ0v) is 29.9. The van der Waals surface area contributed by atoms with Gasteiger partial charge in [0.25, 0.3) is 0 Å². The summed E-state index contributed by atoms with van der Waals surface area (Å²) in [5, 5.41) is 9.36. The highest BCUT2D eigenvalue weighted by molar-refractivity contribution is 7.61. The fourth-order valence-corrected chi connectivity index (χ4v) is 20.5. The Morgan fingerprint density at radius 1 is 0.721 bits per heavy atom. The van der Waals surface area contributed by atoms with E-state index in [1.807, 2.05) is 11.1 Å². The first-order chi connectivity index (χ1) is 20.6. The third-order valence-corrected chi connectivity index (χ3v) is 20.9. The van der Waals surface area contributed by atoms with Gasteiger partial charge in [-0.05, 0) is 197 Å². The molecule has 0 aromatic heterocycles. The SMILES string of the molecule is CC(C)(C)C1=CC(CP(C23CC4CC(CC(C4)C2)C3)C23CC4CC(CC(C4)C2)C3)=C(C(P)(C2CCNC2)C2CCNC2)C1. The molecule has 11 aliphatic rings. The minimum Gasteiger partial charge on any atom is -0.316 e. The van der Waals surface area contributed by atoms with Gasteiger partial charge in [-0.3, -0.25) is 0 Å². The first-order valence-corrected chi connectivity index (χ1v) is 21.1. The molecular formula is C39H62N2P2. The van der Waals surface area contributed by atoms with E-state index in [4.69, 9.17) is 0 Å². The van der Waals surface area contributed by atoms with Gasteiger partial charge in [0.05, 0.1) is 0 Å². The van der Waals surface area contributed by atoms with Gasteiger partial charge in [-0.1, -0.05) is 45.9 Å². The minimum atomic E-state index is -0.0159. The zero-order chi connectivity index (χ0) is 29.2. The van der Waals surface area contributed by atoms with Crippen LogP contribution in [0.15, 0.2) is 22.8 Å². The Kier molecular flexibility index (Phi) is 7.10. The Balaban J connectivity index is 1.17. The molecule has 0 spiro atoms. The van der Waals surface area contributed by atoms with E-state index in [-0.39, 0.29) is 18.5 Å². The fraction of sp³-hybridized carbons (Fsp3) is 0.897. The second kappa shape index (κ2) is 10.4. The predicted octanol–water partition coefficient (Wildman–Crippen LogP) is 8.91. The molecule has 2 N–H and O–H groups in total. The molecule has 3 unspecified atom stereocenters. The van der Waals surface area contributed by atoms with Crippen molar-refractivity contribution in [1.29, 1.82) is 0 Å². The summed E-state index contributed by atoms with van der Waals surface area (Å²) < 4.78 is 0. The first-order valence-electron chi connectivity index (χ1n) is 19.0. The van der Waals surface area contributed by atoms with Gasteiger partial charge in [-0.2, -0.15) is 0 Å². The predicted molar refractivity (Wildman–Crippen MR) is 187 cm³/mol. The topological polar surface area (TPSA) is 24.1 Å². The van der Waals surface area contributed by atoms with Crippen molar-refractivity contribution in [3.63, 3.8) is 0 Å². The summed E-state index contributed by atoms with van der Waals surface area (Å²) in [7, 11) is 3.65. The van der Waals surface area contributed by atoms with Crippen LogP contribution in [0.5, 0.6) is 0 Å². The minimum absolute atomic E-state index is 0.0159. The van der Waals surface area contributed by atoms with Crippen LogP contribution in [-0.2, 0) is 0 Å². The molecule has 9 aliphatic carbocycles. The number of rotatable bonds is 7. The summed E-state index contributed by atoms with van der Waals surface area (Å²) in [4.78, 5) is 0. The van der Waals surface area contributed by atoms with Gasteiger partial charge in [0.1, 0.15) is 0 Å². The number of allylic oxidation sites excluding steroid dienone is 4. The molecule has 0 aromatic carbocycles. The molecule has 2 heterocycles. The van der Waals surface area contributed by atoms with Gasteiger partial charge in [-0.25, -0.2) is 0 Å². The molecule has 10 fully saturated rings. The van der Waals surface area contributed by atoms with Crippen LogP contribution in [0, 0.1) is 52.8 Å². The largest absolute Gasteiger partial charge is 0.316 e. The summed E-state index contributed by atoms with van der Waals surface area (Å²) in [6, 6.07) is 0. The van der Waals surface area contributed by atoms with Crippen molar-refractivity contribution in [2.75, 3.05) is 32.3 Å². The second-order valence-electron chi connectivity index (χ2n) is 19.3. The second-order valence-corrected chi connectivity index (χ2v) is 23.3. The van der Waals surface area contributed by atoms with E-state index in [2.05, 4.69) is 46.7 Å². The van der Waals surface area contributed by atoms with Crippen molar-refractivity contribution in [2.24, 2.45) is 52.8 Å². The highest BCUT2D eigenvalue weighted by Gasteiger charge is 2.63. The van der Waals surface area contributed by atoms with Crippen LogP contribution in [0.25, 0.3) is 0 Å². The normalized spacial score (nSPS) is 48.8. The van der Waals surface area contributed by atoms with Crippen LogP contribution in [0.1, 0.15) is 117 Å². The van der Waals surface area contributed by atoms with Crippen LogP contribution in [-0.4, -0.2) is 47.8 Å². The standard InChI is InChI=1S/C39H62N2P2/c1-36(2,3)34-14-31(35(15-34)39(42,32-4-6-40-22-32)33-5-7-41-23-33)24-43(37-16-25-8-26(17-37)10-27(9-25)18-37)38-19-28-11-29(20-38)13-30(12-28)21-38/h14,25-30,32-33,40-41H,4-13,15-24,42H2,1-3H3. The summed E-state index contributed by atoms with van der Waals surface area (Å²) in [6.07, 6.45) is 27.8. The van der Waals surface area contributed by atoms with E-state index in [9.17, 15) is 0 Å². The molecule has 2 nitrogen and oxygen atoms in total. The quantitative estimate of drug-likeness (QED) is 0.278. The van der Waals surface area contributed by atoms with E-state index in [0.29, 0.717) is 0 Å². The summed E-state index contributed by atoms with van der Waals surface area (Å²) in [6.45, 7) is 12.4. The molecule has 0 aromatic rings. The average Bonchev–Trinajstić information content (AvgIpc) is 3.72. The van der Waals surface area contributed by atoms with Crippen LogP contribution < -0.4 is 10.6 Å². The van der Waals surface area contributed by atoms with Crippen molar-refractivity contribution in [3.05, 3.63) is 22.8 Å². The van der Waals surface area contributed by atoms with E-state index < -0.39 is 0 Å². The Morgan fingerprint density at radius 2 is 1.14 bits per heavy atom. The van der Waals surface area contributed by atoms with Gasteiger partial charge >= 0.3 is 0 Å². The third-order valence-electron chi connectivity index (χ3n) is 15.5. The van der Waals surface area contributed by atoms with Gasteiger partial charge in [0.15, 0.2) is 0 Å². The lowest BCUT2D eigenvalue weighted by atomic mass is 9.55. The summed E-state index contributed by atoms with van der Waals surface area (Å²) in [5.74, 6) is 8.03. The smallest absolute Gasteiger partial charge is 0.0147 e. The van der Waals surface area contributed by atoms with Crippen LogP contribution in [0.2, 0.25) is 0 Å². The molecule has 43 heavy (non-hydrogen) atoms. The Labute approximate surface area is 267 Å². The lowest BCUT2D eigenvalue weighted by molar-refractivity contribution is 0.0187. The summed E-state index contributed by atoms with van der Waals surface area (Å²) >= 11 is 0. The molecule has 3 atom stereocenters. The maximum atomic E-state index is 3.83. The first kappa shape index (κ1) is 29.4. The lowest BCUT2D eigenvalue weighted by Crippen LogP contribution is -2.57. The average molecular weight is 621 g/mol. The monoisotopic (exact) mass is 620 g/mol. The maximum absolute atomic E-state index is 3.83. The maximum Gasteiger partial charge on any atom is 0.0147 e. The van der Waals surface area contributed by atoms with Crippen molar-refractivity contribution in [2.45, 2.75) is 133 Å². The Bertz CT molecular complexity index is 1050. The molecule has 2 saturated heterocycles. The number of nitrogens with one attached hydrogen (secondary N) is 2. The van der Waals surface area contributed by atoms with Gasteiger partial charge < -0.3 is 10.6 Å². The highest BCUT2D eigenvalue weighted by Crippen LogP contribution is 2.79. The van der Waals surface area contributed by atoms with E-state index >= 15 is 0 Å². The van der Waals surface area contributed by atoms with Crippen molar-refractivity contribution >= 4 is 17.2 Å². The van der Waals surface area contributed by atoms with Crippen molar-refractivity contribution in [3.8, 4) is 0 Å². The Hall–Kier alpha value is 0.260. The number of hydrogen-bond donors (Lipinski definition) is 2.